The van der Waals surface area contributed by atoms with E-state index in [4.69, 9.17) is 9.47 Å². The van der Waals surface area contributed by atoms with Gasteiger partial charge in [-0.1, -0.05) is 0 Å². The highest BCUT2D eigenvalue weighted by atomic mass is 16.5. The van der Waals surface area contributed by atoms with E-state index in [2.05, 4.69) is 0 Å². The SMILES string of the molecule is CCOC(=O)/C=C1\CC=C(C)O1. The minimum absolute atomic E-state index is 0.337. The van der Waals surface area contributed by atoms with Crippen LogP contribution in [0.25, 0.3) is 0 Å². The van der Waals surface area contributed by atoms with Crippen molar-refractivity contribution < 1.29 is 14.3 Å². The number of hydrogen-bond donors (Lipinski definition) is 0. The number of carbonyl (C=O) groups excluding carboxylic acids is 1. The number of hydrogen-bond acceptors (Lipinski definition) is 3. The molecule has 0 N–H and O–H groups in total. The van der Waals surface area contributed by atoms with E-state index in [9.17, 15) is 4.79 Å². The van der Waals surface area contributed by atoms with Gasteiger partial charge in [-0.2, -0.15) is 0 Å². The lowest BCUT2D eigenvalue weighted by atomic mass is 10.3. The summed E-state index contributed by atoms with van der Waals surface area (Å²) in [6, 6.07) is 0. The van der Waals surface area contributed by atoms with Crippen molar-refractivity contribution in [3.05, 3.63) is 23.7 Å². The molecule has 0 spiro atoms. The van der Waals surface area contributed by atoms with Crippen molar-refractivity contribution in [1.29, 1.82) is 0 Å². The normalized spacial score (nSPS) is 18.8. The largest absolute Gasteiger partial charge is 0.466 e. The van der Waals surface area contributed by atoms with Gasteiger partial charge in [0.25, 0.3) is 0 Å². The summed E-state index contributed by atoms with van der Waals surface area (Å²) in [6.07, 6.45) is 3.99. The van der Waals surface area contributed by atoms with E-state index in [-0.39, 0.29) is 5.97 Å². The van der Waals surface area contributed by atoms with Crippen molar-refractivity contribution in [1.82, 2.24) is 0 Å². The molecule has 0 amide bonds. The summed E-state index contributed by atoms with van der Waals surface area (Å²) in [4.78, 5) is 10.9. The maximum Gasteiger partial charge on any atom is 0.334 e. The van der Waals surface area contributed by atoms with Gasteiger partial charge in [0, 0.05) is 6.42 Å². The van der Waals surface area contributed by atoms with Gasteiger partial charge >= 0.3 is 5.97 Å². The van der Waals surface area contributed by atoms with Crippen LogP contribution in [0.3, 0.4) is 0 Å². The van der Waals surface area contributed by atoms with Crippen LogP contribution >= 0.6 is 0 Å². The third-order valence-corrected chi connectivity index (χ3v) is 1.45. The summed E-state index contributed by atoms with van der Waals surface area (Å²) >= 11 is 0. The first kappa shape index (κ1) is 8.84. The molecule has 1 aliphatic heterocycles. The van der Waals surface area contributed by atoms with Crippen LogP contribution in [0.4, 0.5) is 0 Å². The number of ether oxygens (including phenoxy) is 2. The summed E-state index contributed by atoms with van der Waals surface area (Å²) in [5.41, 5.74) is 0. The molecule has 0 aliphatic carbocycles. The summed E-state index contributed by atoms with van der Waals surface area (Å²) < 4.78 is 9.92. The van der Waals surface area contributed by atoms with Crippen LogP contribution < -0.4 is 0 Å². The van der Waals surface area contributed by atoms with Gasteiger partial charge in [0.2, 0.25) is 0 Å². The van der Waals surface area contributed by atoms with Crippen LogP contribution in [0.1, 0.15) is 20.3 Å². The Kier molecular flexibility index (Phi) is 2.91. The number of carbonyl (C=O) groups is 1. The van der Waals surface area contributed by atoms with Crippen LogP contribution in [-0.2, 0) is 14.3 Å². The minimum atomic E-state index is -0.337. The molecule has 0 aromatic rings. The Morgan fingerprint density at radius 1 is 1.83 bits per heavy atom. The first-order valence-corrected chi connectivity index (χ1v) is 3.94. The van der Waals surface area contributed by atoms with Crippen molar-refractivity contribution in [2.24, 2.45) is 0 Å². The Bertz CT molecular complexity index is 238. The molecule has 0 aromatic carbocycles. The van der Waals surface area contributed by atoms with Gasteiger partial charge in [-0.15, -0.1) is 0 Å². The zero-order chi connectivity index (χ0) is 8.97. The fourth-order valence-electron chi connectivity index (χ4n) is 0.938. The lowest BCUT2D eigenvalue weighted by molar-refractivity contribution is -0.137. The standard InChI is InChI=1S/C9H12O3/c1-3-11-9(10)6-8-5-4-7(2)12-8/h4,6H,3,5H2,1-2H3/b8-6+. The highest BCUT2D eigenvalue weighted by molar-refractivity contribution is 5.82. The van der Waals surface area contributed by atoms with E-state index < -0.39 is 0 Å². The fourth-order valence-corrected chi connectivity index (χ4v) is 0.938. The molecule has 12 heavy (non-hydrogen) atoms. The lowest BCUT2D eigenvalue weighted by Crippen LogP contribution is -2.00. The zero-order valence-corrected chi connectivity index (χ0v) is 7.29. The van der Waals surface area contributed by atoms with E-state index in [1.54, 1.807) is 6.92 Å². The molecule has 0 fully saturated rings. The van der Waals surface area contributed by atoms with Crippen molar-refractivity contribution in [2.45, 2.75) is 20.3 Å². The fraction of sp³-hybridized carbons (Fsp3) is 0.444. The number of rotatable bonds is 2. The first-order chi connectivity index (χ1) is 5.72. The Hall–Kier alpha value is -1.25. The van der Waals surface area contributed by atoms with Crippen molar-refractivity contribution in [3.63, 3.8) is 0 Å². The molecule has 0 atom stereocenters. The molecule has 1 rings (SSSR count). The Balaban J connectivity index is 2.44. The van der Waals surface area contributed by atoms with E-state index in [1.165, 1.54) is 6.08 Å². The Labute approximate surface area is 71.7 Å². The molecule has 0 bridgehead atoms. The zero-order valence-electron chi connectivity index (χ0n) is 7.29. The second-order valence-corrected chi connectivity index (χ2v) is 2.48. The van der Waals surface area contributed by atoms with E-state index >= 15 is 0 Å². The smallest absolute Gasteiger partial charge is 0.334 e. The molecule has 0 aromatic heterocycles. The second-order valence-electron chi connectivity index (χ2n) is 2.48. The molecule has 3 heteroatoms. The average Bonchev–Trinajstić information content (AvgIpc) is 2.36. The molecule has 3 nitrogen and oxygen atoms in total. The van der Waals surface area contributed by atoms with Crippen LogP contribution in [0.2, 0.25) is 0 Å². The van der Waals surface area contributed by atoms with Gasteiger partial charge in [-0.05, 0) is 19.9 Å². The van der Waals surface area contributed by atoms with Crippen molar-refractivity contribution >= 4 is 5.97 Å². The quantitative estimate of drug-likeness (QED) is 0.465. The molecule has 1 aliphatic rings. The predicted octanol–water partition coefficient (Wildman–Crippen LogP) is 1.76. The van der Waals surface area contributed by atoms with Gasteiger partial charge in [0.1, 0.15) is 5.76 Å². The van der Waals surface area contributed by atoms with E-state index in [0.717, 1.165) is 5.76 Å². The average molecular weight is 168 g/mol. The predicted molar refractivity (Wildman–Crippen MR) is 44.2 cm³/mol. The summed E-state index contributed by atoms with van der Waals surface area (Å²) in [5.74, 6) is 1.16. The molecule has 0 unspecified atom stereocenters. The third kappa shape index (κ3) is 2.42. The molecule has 0 radical (unpaired) electrons. The summed E-state index contributed by atoms with van der Waals surface area (Å²) in [7, 11) is 0. The van der Waals surface area contributed by atoms with Crippen LogP contribution in [0.5, 0.6) is 0 Å². The molecular weight excluding hydrogens is 156 g/mol. The molecule has 66 valence electrons. The Morgan fingerprint density at radius 3 is 3.08 bits per heavy atom. The van der Waals surface area contributed by atoms with Crippen LogP contribution in [-0.4, -0.2) is 12.6 Å². The second kappa shape index (κ2) is 3.95. The summed E-state index contributed by atoms with van der Waals surface area (Å²) in [6.45, 7) is 4.02. The van der Waals surface area contributed by atoms with Gasteiger partial charge in [0.05, 0.1) is 18.4 Å². The van der Waals surface area contributed by atoms with Crippen molar-refractivity contribution in [2.75, 3.05) is 6.61 Å². The minimum Gasteiger partial charge on any atom is -0.466 e. The lowest BCUT2D eigenvalue weighted by Gasteiger charge is -2.00. The van der Waals surface area contributed by atoms with Crippen LogP contribution in [0.15, 0.2) is 23.7 Å². The number of esters is 1. The first-order valence-electron chi connectivity index (χ1n) is 3.94. The number of allylic oxidation sites excluding steroid dienone is 2. The summed E-state index contributed by atoms with van der Waals surface area (Å²) in [5, 5.41) is 0. The maximum atomic E-state index is 10.9. The molecule has 0 saturated heterocycles. The highest BCUT2D eigenvalue weighted by Gasteiger charge is 2.09. The van der Waals surface area contributed by atoms with Gasteiger partial charge < -0.3 is 9.47 Å². The van der Waals surface area contributed by atoms with Gasteiger partial charge in [-0.3, -0.25) is 0 Å². The molecule has 1 heterocycles. The van der Waals surface area contributed by atoms with Crippen LogP contribution in [0, 0.1) is 0 Å². The highest BCUT2D eigenvalue weighted by Crippen LogP contribution is 2.19. The molecular formula is C9H12O3. The molecule has 0 saturated carbocycles. The maximum absolute atomic E-state index is 10.9. The van der Waals surface area contributed by atoms with E-state index in [0.29, 0.717) is 18.8 Å². The topological polar surface area (TPSA) is 35.5 Å². The van der Waals surface area contributed by atoms with Gasteiger partial charge in [-0.25, -0.2) is 4.79 Å². The van der Waals surface area contributed by atoms with E-state index in [1.807, 2.05) is 13.0 Å². The third-order valence-electron chi connectivity index (χ3n) is 1.45. The van der Waals surface area contributed by atoms with Gasteiger partial charge in [0.15, 0.2) is 0 Å². The Morgan fingerprint density at radius 2 is 2.58 bits per heavy atom. The monoisotopic (exact) mass is 168 g/mol. The van der Waals surface area contributed by atoms with Crippen molar-refractivity contribution in [3.8, 4) is 0 Å².